The van der Waals surface area contributed by atoms with E-state index >= 15 is 0 Å². The van der Waals surface area contributed by atoms with E-state index < -0.39 is 12.0 Å². The van der Waals surface area contributed by atoms with Crippen LogP contribution in [-0.2, 0) is 4.79 Å². The lowest BCUT2D eigenvalue weighted by Gasteiger charge is -2.17. The molecule has 2 rings (SSSR count). The molecule has 1 aliphatic carbocycles. The molecule has 0 aliphatic heterocycles. The molecular weight excluding hydrogens is 274 g/mol. The molecule has 7 heteroatoms. The molecule has 3 N–H and O–H groups in total. The van der Waals surface area contributed by atoms with Crippen molar-refractivity contribution in [2.24, 2.45) is 0 Å². The summed E-state index contributed by atoms with van der Waals surface area (Å²) in [6.45, 7) is -0.0183. The molecule has 1 aromatic rings. The van der Waals surface area contributed by atoms with Crippen molar-refractivity contribution in [2.75, 3.05) is 18.9 Å². The number of anilines is 1. The number of carbonyl (C=O) groups excluding carboxylic acids is 2. The Kier molecular flexibility index (Phi) is 4.42. The number of rotatable bonds is 5. The molecule has 21 heavy (non-hydrogen) atoms. The van der Waals surface area contributed by atoms with Crippen LogP contribution in [0.25, 0.3) is 0 Å². The van der Waals surface area contributed by atoms with Crippen LogP contribution in [0.15, 0.2) is 24.3 Å². The molecular formula is C14H17N3O4. The zero-order chi connectivity index (χ0) is 15.4. The van der Waals surface area contributed by atoms with Gasteiger partial charge >= 0.3 is 12.0 Å². The number of hydrogen-bond acceptors (Lipinski definition) is 3. The molecule has 0 unspecified atom stereocenters. The Balaban J connectivity index is 1.84. The lowest BCUT2D eigenvalue weighted by Crippen LogP contribution is -2.41. The first kappa shape index (κ1) is 14.8. The minimum atomic E-state index is -1.03. The Morgan fingerprint density at radius 3 is 2.38 bits per heavy atom. The number of carbonyl (C=O) groups is 3. The summed E-state index contributed by atoms with van der Waals surface area (Å²) in [5.74, 6) is -1.21. The maximum absolute atomic E-state index is 11.9. The van der Waals surface area contributed by atoms with Gasteiger partial charge in [0.05, 0.1) is 5.56 Å². The van der Waals surface area contributed by atoms with E-state index in [0.717, 1.165) is 12.8 Å². The van der Waals surface area contributed by atoms with Gasteiger partial charge in [0.15, 0.2) is 0 Å². The fraction of sp³-hybridized carbons (Fsp3) is 0.357. The van der Waals surface area contributed by atoms with Gasteiger partial charge in [-0.2, -0.15) is 0 Å². The molecule has 1 aromatic carbocycles. The summed E-state index contributed by atoms with van der Waals surface area (Å²) in [6.07, 6.45) is 2.00. The first-order chi connectivity index (χ1) is 9.95. The second kappa shape index (κ2) is 6.25. The smallest absolute Gasteiger partial charge is 0.335 e. The second-order valence-electron chi connectivity index (χ2n) is 5.01. The molecule has 7 nitrogen and oxygen atoms in total. The van der Waals surface area contributed by atoms with Crippen LogP contribution in [0.2, 0.25) is 0 Å². The van der Waals surface area contributed by atoms with Crippen LogP contribution in [0.5, 0.6) is 0 Å². The van der Waals surface area contributed by atoms with Crippen molar-refractivity contribution < 1.29 is 19.5 Å². The van der Waals surface area contributed by atoms with Crippen molar-refractivity contribution in [1.29, 1.82) is 0 Å². The van der Waals surface area contributed by atoms with E-state index in [1.807, 2.05) is 0 Å². The number of benzene rings is 1. The Labute approximate surface area is 121 Å². The number of hydrogen-bond donors (Lipinski definition) is 3. The minimum absolute atomic E-state index is 0.0183. The zero-order valence-electron chi connectivity index (χ0n) is 11.6. The average molecular weight is 291 g/mol. The Bertz CT molecular complexity index is 552. The van der Waals surface area contributed by atoms with Gasteiger partial charge in [-0.25, -0.2) is 9.59 Å². The van der Waals surface area contributed by atoms with Crippen LogP contribution >= 0.6 is 0 Å². The summed E-state index contributed by atoms with van der Waals surface area (Å²) in [6, 6.07) is 5.63. The third kappa shape index (κ3) is 4.48. The summed E-state index contributed by atoms with van der Waals surface area (Å²) in [7, 11) is 1.52. The highest BCUT2D eigenvalue weighted by Gasteiger charge is 2.24. The molecule has 0 atom stereocenters. The fourth-order valence-corrected chi connectivity index (χ4v) is 1.70. The van der Waals surface area contributed by atoms with Crippen LogP contribution in [0.4, 0.5) is 10.5 Å². The Morgan fingerprint density at radius 1 is 1.24 bits per heavy atom. The fourth-order valence-electron chi connectivity index (χ4n) is 1.70. The van der Waals surface area contributed by atoms with E-state index in [9.17, 15) is 14.4 Å². The van der Waals surface area contributed by atoms with Crippen molar-refractivity contribution in [3.63, 3.8) is 0 Å². The molecule has 0 heterocycles. The second-order valence-corrected chi connectivity index (χ2v) is 5.01. The van der Waals surface area contributed by atoms with Gasteiger partial charge in [0.1, 0.15) is 6.54 Å². The van der Waals surface area contributed by atoms with Gasteiger partial charge < -0.3 is 20.6 Å². The van der Waals surface area contributed by atoms with E-state index in [0.29, 0.717) is 5.69 Å². The summed E-state index contributed by atoms with van der Waals surface area (Å²) in [5.41, 5.74) is 0.615. The molecule has 0 bridgehead atoms. The lowest BCUT2D eigenvalue weighted by atomic mass is 10.2. The van der Waals surface area contributed by atoms with Crippen molar-refractivity contribution in [2.45, 2.75) is 18.9 Å². The zero-order valence-corrected chi connectivity index (χ0v) is 11.6. The van der Waals surface area contributed by atoms with E-state index in [1.165, 1.54) is 36.2 Å². The summed E-state index contributed by atoms with van der Waals surface area (Å²) >= 11 is 0. The number of amides is 3. The predicted molar refractivity (Wildman–Crippen MR) is 76.2 cm³/mol. The van der Waals surface area contributed by atoms with E-state index in [2.05, 4.69) is 10.6 Å². The molecule has 1 saturated carbocycles. The maximum atomic E-state index is 11.9. The van der Waals surface area contributed by atoms with Crippen LogP contribution in [0, 0.1) is 0 Å². The van der Waals surface area contributed by atoms with Gasteiger partial charge in [0, 0.05) is 18.8 Å². The van der Waals surface area contributed by atoms with Crippen LogP contribution in [0.3, 0.4) is 0 Å². The van der Waals surface area contributed by atoms with E-state index in [-0.39, 0.29) is 24.1 Å². The van der Waals surface area contributed by atoms with Gasteiger partial charge in [-0.15, -0.1) is 0 Å². The van der Waals surface area contributed by atoms with Crippen molar-refractivity contribution in [3.05, 3.63) is 29.8 Å². The highest BCUT2D eigenvalue weighted by molar-refractivity contribution is 5.93. The standard InChI is InChI=1S/C14H17N3O4/c1-17(8-12(18)15-10-6-7-10)14(21)16-11-4-2-9(3-5-11)13(19)20/h2-5,10H,6-8H2,1H3,(H,15,18)(H,16,21)(H,19,20). The number of carboxylic acids is 1. The number of carboxylic acid groups (broad SMARTS) is 1. The van der Waals surface area contributed by atoms with Gasteiger partial charge in [-0.3, -0.25) is 4.79 Å². The average Bonchev–Trinajstić information content (AvgIpc) is 3.22. The highest BCUT2D eigenvalue weighted by Crippen LogP contribution is 2.18. The molecule has 0 radical (unpaired) electrons. The van der Waals surface area contributed by atoms with Gasteiger partial charge in [0.2, 0.25) is 5.91 Å². The monoisotopic (exact) mass is 291 g/mol. The predicted octanol–water partition coefficient (Wildman–Crippen LogP) is 1.13. The third-order valence-corrected chi connectivity index (χ3v) is 3.05. The minimum Gasteiger partial charge on any atom is -0.478 e. The summed E-state index contributed by atoms with van der Waals surface area (Å²) in [4.78, 5) is 35.5. The molecule has 0 spiro atoms. The van der Waals surface area contributed by atoms with E-state index in [4.69, 9.17) is 5.11 Å². The largest absolute Gasteiger partial charge is 0.478 e. The van der Waals surface area contributed by atoms with Gasteiger partial charge in [-0.1, -0.05) is 0 Å². The normalized spacial score (nSPS) is 13.4. The molecule has 1 fully saturated rings. The van der Waals surface area contributed by atoms with Crippen molar-refractivity contribution >= 4 is 23.6 Å². The van der Waals surface area contributed by atoms with Crippen molar-refractivity contribution in [3.8, 4) is 0 Å². The van der Waals surface area contributed by atoms with Gasteiger partial charge in [-0.05, 0) is 37.1 Å². The summed E-state index contributed by atoms with van der Waals surface area (Å²) < 4.78 is 0. The molecule has 0 aromatic heterocycles. The van der Waals surface area contributed by atoms with Crippen LogP contribution in [0.1, 0.15) is 23.2 Å². The third-order valence-electron chi connectivity index (χ3n) is 3.05. The SMILES string of the molecule is CN(CC(=O)NC1CC1)C(=O)Nc1ccc(C(=O)O)cc1. The molecule has 0 saturated heterocycles. The maximum Gasteiger partial charge on any atom is 0.335 e. The molecule has 1 aliphatic rings. The highest BCUT2D eigenvalue weighted by atomic mass is 16.4. The van der Waals surface area contributed by atoms with Crippen molar-refractivity contribution in [1.82, 2.24) is 10.2 Å². The molecule has 3 amide bonds. The Morgan fingerprint density at radius 2 is 1.86 bits per heavy atom. The van der Waals surface area contributed by atoms with Crippen LogP contribution < -0.4 is 10.6 Å². The number of nitrogens with zero attached hydrogens (tertiary/aromatic N) is 1. The quantitative estimate of drug-likeness (QED) is 0.757. The van der Waals surface area contributed by atoms with Gasteiger partial charge in [0.25, 0.3) is 0 Å². The Hall–Kier alpha value is -2.57. The lowest BCUT2D eigenvalue weighted by molar-refractivity contribution is -0.121. The van der Waals surface area contributed by atoms with Crippen LogP contribution in [-0.4, -0.2) is 47.5 Å². The molecule has 112 valence electrons. The first-order valence-corrected chi connectivity index (χ1v) is 6.60. The van der Waals surface area contributed by atoms with E-state index in [1.54, 1.807) is 0 Å². The topological polar surface area (TPSA) is 98.7 Å². The number of likely N-dealkylation sites (N-methyl/N-ethyl adjacent to an activating group) is 1. The first-order valence-electron chi connectivity index (χ1n) is 6.60. The number of aromatic carboxylic acids is 1. The summed E-state index contributed by atoms with van der Waals surface area (Å²) in [5, 5.41) is 14.2. The number of nitrogens with one attached hydrogen (secondary N) is 2. The number of urea groups is 1.